The lowest BCUT2D eigenvalue weighted by Gasteiger charge is -2.13. The Morgan fingerprint density at radius 1 is 1.29 bits per heavy atom. The van der Waals surface area contributed by atoms with Gasteiger partial charge in [0.1, 0.15) is 0 Å². The normalized spacial score (nSPS) is 10.8. The fourth-order valence-corrected chi connectivity index (χ4v) is 3.87. The molecule has 11 heteroatoms. The van der Waals surface area contributed by atoms with Crippen LogP contribution in [0.15, 0.2) is 47.6 Å². The summed E-state index contributed by atoms with van der Waals surface area (Å²) in [6.45, 7) is 1.15. The molecule has 0 aliphatic rings. The zero-order valence-corrected chi connectivity index (χ0v) is 18.5. The maximum Gasteiger partial charge on any atom is 0.255 e. The van der Waals surface area contributed by atoms with Crippen LogP contribution in [-0.4, -0.2) is 52.1 Å². The van der Waals surface area contributed by atoms with E-state index in [1.54, 1.807) is 22.5 Å². The Balaban J connectivity index is 1.45. The Morgan fingerprint density at radius 3 is 2.84 bits per heavy atom. The van der Waals surface area contributed by atoms with Gasteiger partial charge in [0.15, 0.2) is 18.1 Å². The molecule has 9 nitrogen and oxygen atoms in total. The van der Waals surface area contributed by atoms with Crippen LogP contribution >= 0.6 is 23.4 Å². The minimum Gasteiger partial charge on any atom is -0.493 e. The number of para-hydroxylation sites is 1. The molecule has 0 saturated heterocycles. The Labute approximate surface area is 189 Å². The van der Waals surface area contributed by atoms with Crippen molar-refractivity contribution in [1.29, 1.82) is 0 Å². The maximum atomic E-state index is 10.9. The number of hydrogen-bond acceptors (Lipinski definition) is 8. The minimum atomic E-state index is -0.584. The molecule has 3 N–H and O–H groups in total. The van der Waals surface area contributed by atoms with E-state index in [1.165, 1.54) is 7.11 Å². The van der Waals surface area contributed by atoms with Crippen LogP contribution in [-0.2, 0) is 11.3 Å². The molecule has 3 rings (SSSR count). The van der Waals surface area contributed by atoms with Gasteiger partial charge in [-0.3, -0.25) is 4.79 Å². The number of nitrogens with two attached hydrogens (primary N) is 1. The van der Waals surface area contributed by atoms with E-state index in [1.807, 2.05) is 36.4 Å². The summed E-state index contributed by atoms with van der Waals surface area (Å²) in [6, 6.07) is 13.4. The van der Waals surface area contributed by atoms with Gasteiger partial charge in [-0.15, -0.1) is 5.10 Å². The number of nitrogens with one attached hydrogen (secondary N) is 1. The van der Waals surface area contributed by atoms with Crippen molar-refractivity contribution in [3.05, 3.63) is 53.1 Å². The van der Waals surface area contributed by atoms with Crippen LogP contribution in [0.1, 0.15) is 12.0 Å². The van der Waals surface area contributed by atoms with Crippen LogP contribution < -0.4 is 20.5 Å². The van der Waals surface area contributed by atoms with Gasteiger partial charge in [-0.2, -0.15) is 4.68 Å². The smallest absolute Gasteiger partial charge is 0.255 e. The monoisotopic (exact) mass is 462 g/mol. The van der Waals surface area contributed by atoms with Crippen LogP contribution in [0.3, 0.4) is 0 Å². The Bertz CT molecular complexity index is 1000. The molecule has 0 atom stereocenters. The summed E-state index contributed by atoms with van der Waals surface area (Å²) in [7, 11) is 1.51. The van der Waals surface area contributed by atoms with Gasteiger partial charge in [-0.25, -0.2) is 0 Å². The first-order valence-corrected chi connectivity index (χ1v) is 10.9. The molecule has 0 aliphatic carbocycles. The van der Waals surface area contributed by atoms with Crippen LogP contribution in [0.25, 0.3) is 5.69 Å². The van der Waals surface area contributed by atoms with E-state index >= 15 is 0 Å². The highest BCUT2D eigenvalue weighted by Crippen LogP contribution is 2.36. The number of thioether (sulfide) groups is 1. The number of benzene rings is 2. The highest BCUT2D eigenvalue weighted by Gasteiger charge is 2.13. The largest absolute Gasteiger partial charge is 0.493 e. The predicted octanol–water partition coefficient (Wildman–Crippen LogP) is 2.46. The van der Waals surface area contributed by atoms with Gasteiger partial charge >= 0.3 is 0 Å². The quantitative estimate of drug-likeness (QED) is 0.311. The van der Waals surface area contributed by atoms with Gasteiger partial charge in [0.2, 0.25) is 5.16 Å². The Hall–Kier alpha value is -2.82. The lowest BCUT2D eigenvalue weighted by molar-refractivity contribution is -0.119. The van der Waals surface area contributed by atoms with Crippen molar-refractivity contribution in [2.75, 3.05) is 26.0 Å². The van der Waals surface area contributed by atoms with E-state index in [2.05, 4.69) is 20.8 Å². The zero-order chi connectivity index (χ0) is 22.1. The molecule has 3 aromatic rings. The van der Waals surface area contributed by atoms with Crippen LogP contribution in [0.2, 0.25) is 5.02 Å². The number of aromatic nitrogens is 4. The second kappa shape index (κ2) is 11.5. The number of nitrogens with zero attached hydrogens (tertiary/aromatic N) is 4. The average Bonchev–Trinajstić information content (AvgIpc) is 3.24. The van der Waals surface area contributed by atoms with Crippen LogP contribution in [0.5, 0.6) is 11.5 Å². The molecular formula is C20H23ClN6O3S. The molecule has 0 bridgehead atoms. The van der Waals surface area contributed by atoms with E-state index in [0.717, 1.165) is 35.1 Å². The third-order valence-electron chi connectivity index (χ3n) is 4.15. The predicted molar refractivity (Wildman–Crippen MR) is 119 cm³/mol. The lowest BCUT2D eigenvalue weighted by Crippen LogP contribution is -2.20. The fourth-order valence-electron chi connectivity index (χ4n) is 2.75. The first-order valence-electron chi connectivity index (χ1n) is 9.53. The molecule has 0 aliphatic heterocycles. The van der Waals surface area contributed by atoms with Gasteiger partial charge in [-0.1, -0.05) is 41.6 Å². The van der Waals surface area contributed by atoms with Gasteiger partial charge in [-0.05, 0) is 53.2 Å². The van der Waals surface area contributed by atoms with E-state index in [0.29, 0.717) is 23.1 Å². The molecule has 0 fully saturated rings. The van der Waals surface area contributed by atoms with Gasteiger partial charge in [0.05, 0.1) is 17.8 Å². The summed E-state index contributed by atoms with van der Waals surface area (Å²) in [5.74, 6) is 1.04. The van der Waals surface area contributed by atoms with Crippen LogP contribution in [0.4, 0.5) is 0 Å². The molecule has 1 heterocycles. The van der Waals surface area contributed by atoms with E-state index in [4.69, 9.17) is 26.8 Å². The number of primary amides is 1. The topological polar surface area (TPSA) is 117 Å². The highest BCUT2D eigenvalue weighted by molar-refractivity contribution is 7.99. The highest BCUT2D eigenvalue weighted by atomic mass is 35.5. The second-order valence-electron chi connectivity index (χ2n) is 6.45. The molecule has 0 radical (unpaired) electrons. The van der Waals surface area contributed by atoms with Crippen molar-refractivity contribution in [2.45, 2.75) is 18.1 Å². The maximum absolute atomic E-state index is 10.9. The summed E-state index contributed by atoms with van der Waals surface area (Å²) in [5.41, 5.74) is 6.99. The standard InChI is InChI=1S/C20H23ClN6O3S/c1-29-17-11-14(10-16(21)19(17)30-13-18(22)28)12-23-8-5-9-31-20-24-25-26-27(20)15-6-3-2-4-7-15/h2-4,6-7,10-11,23H,5,8-9,12-13H2,1H3,(H2,22,28). The number of carbonyl (C=O) groups excluding carboxylic acids is 1. The number of ether oxygens (including phenoxy) is 2. The van der Waals surface area contributed by atoms with E-state index in [9.17, 15) is 4.79 Å². The first-order chi connectivity index (χ1) is 15.1. The number of halogens is 1. The zero-order valence-electron chi connectivity index (χ0n) is 17.0. The Morgan fingerprint density at radius 2 is 2.10 bits per heavy atom. The molecule has 0 unspecified atom stereocenters. The van der Waals surface area contributed by atoms with Crippen molar-refractivity contribution in [2.24, 2.45) is 5.73 Å². The first kappa shape index (κ1) is 22.9. The van der Waals surface area contributed by atoms with E-state index < -0.39 is 5.91 Å². The second-order valence-corrected chi connectivity index (χ2v) is 7.92. The van der Waals surface area contributed by atoms with Crippen molar-refractivity contribution in [3.63, 3.8) is 0 Å². The number of amides is 1. The summed E-state index contributed by atoms with van der Waals surface area (Å²) in [6.07, 6.45) is 0.928. The molecule has 1 aromatic heterocycles. The molecule has 164 valence electrons. The molecular weight excluding hydrogens is 440 g/mol. The van der Waals surface area contributed by atoms with Crippen molar-refractivity contribution < 1.29 is 14.3 Å². The summed E-state index contributed by atoms with van der Waals surface area (Å²) in [5, 5.41) is 16.4. The minimum absolute atomic E-state index is 0.265. The number of methoxy groups -OCH3 is 1. The number of tetrazole rings is 1. The van der Waals surface area contributed by atoms with Crippen LogP contribution in [0, 0.1) is 0 Å². The van der Waals surface area contributed by atoms with Crippen molar-refractivity contribution in [3.8, 4) is 17.2 Å². The number of carbonyl (C=O) groups is 1. The van der Waals surface area contributed by atoms with E-state index in [-0.39, 0.29) is 6.61 Å². The molecule has 0 spiro atoms. The van der Waals surface area contributed by atoms with Gasteiger partial charge in [0.25, 0.3) is 5.91 Å². The molecule has 31 heavy (non-hydrogen) atoms. The third kappa shape index (κ3) is 6.58. The van der Waals surface area contributed by atoms with Crippen molar-refractivity contribution in [1.82, 2.24) is 25.5 Å². The molecule has 2 aromatic carbocycles. The number of rotatable bonds is 12. The molecule has 1 amide bonds. The average molecular weight is 463 g/mol. The van der Waals surface area contributed by atoms with Crippen molar-refractivity contribution >= 4 is 29.3 Å². The SMILES string of the molecule is COc1cc(CNCCCSc2nnnn2-c2ccccc2)cc(Cl)c1OCC(N)=O. The lowest BCUT2D eigenvalue weighted by atomic mass is 10.2. The number of hydrogen-bond donors (Lipinski definition) is 2. The summed E-state index contributed by atoms with van der Waals surface area (Å²) >= 11 is 7.88. The fraction of sp³-hybridized carbons (Fsp3) is 0.300. The summed E-state index contributed by atoms with van der Waals surface area (Å²) < 4.78 is 12.4. The van der Waals surface area contributed by atoms with Gasteiger partial charge < -0.3 is 20.5 Å². The third-order valence-corrected chi connectivity index (χ3v) is 5.43. The summed E-state index contributed by atoms with van der Waals surface area (Å²) in [4.78, 5) is 10.9. The molecule has 0 saturated carbocycles. The Kier molecular flexibility index (Phi) is 8.51. The van der Waals surface area contributed by atoms with Gasteiger partial charge in [0, 0.05) is 12.3 Å².